The van der Waals surface area contributed by atoms with Crippen LogP contribution in [0.4, 0.5) is 9.80 Å². The van der Waals surface area contributed by atoms with Crippen LogP contribution < -0.4 is 10.2 Å². The van der Waals surface area contributed by atoms with Gasteiger partial charge in [-0.2, -0.15) is 5.26 Å². The van der Waals surface area contributed by atoms with E-state index in [1.165, 1.54) is 0 Å². The highest BCUT2D eigenvalue weighted by atomic mass is 32.1. The number of likely N-dealkylation sites (tertiary alicyclic amines) is 1. The topological polar surface area (TPSA) is 59.4 Å². The van der Waals surface area contributed by atoms with Crippen LogP contribution in [0.2, 0.25) is 0 Å². The Kier molecular flexibility index (Phi) is 4.49. The van der Waals surface area contributed by atoms with Crippen LogP contribution in [-0.2, 0) is 0 Å². The molecule has 136 valence electrons. The molecule has 26 heavy (non-hydrogen) atoms. The second kappa shape index (κ2) is 6.81. The average molecular weight is 369 g/mol. The van der Waals surface area contributed by atoms with Gasteiger partial charge in [-0.25, -0.2) is 4.79 Å². The third-order valence-electron chi connectivity index (χ3n) is 5.54. The van der Waals surface area contributed by atoms with Gasteiger partial charge >= 0.3 is 6.03 Å². The molecular formula is C20H24N4OS. The first-order chi connectivity index (χ1) is 12.6. The summed E-state index contributed by atoms with van der Waals surface area (Å²) in [4.78, 5) is 16.8. The molecule has 3 heterocycles. The summed E-state index contributed by atoms with van der Waals surface area (Å²) in [5.74, 6) is 0.576. The molecule has 2 saturated heterocycles. The molecule has 2 aliphatic heterocycles. The molecule has 0 spiro atoms. The maximum absolute atomic E-state index is 12.6. The molecule has 3 atom stereocenters. The largest absolute Gasteiger partial charge is 0.360 e. The van der Waals surface area contributed by atoms with E-state index in [2.05, 4.69) is 36.2 Å². The molecule has 4 rings (SSSR count). The van der Waals surface area contributed by atoms with Crippen molar-refractivity contribution in [2.75, 3.05) is 24.5 Å². The van der Waals surface area contributed by atoms with Crippen molar-refractivity contribution in [3.63, 3.8) is 0 Å². The van der Waals surface area contributed by atoms with Crippen LogP contribution in [0.5, 0.6) is 0 Å². The van der Waals surface area contributed by atoms with Crippen molar-refractivity contribution in [2.45, 2.75) is 38.8 Å². The molecule has 1 unspecified atom stereocenters. The molecule has 0 saturated carbocycles. The lowest BCUT2D eigenvalue weighted by Gasteiger charge is -2.24. The van der Waals surface area contributed by atoms with E-state index < -0.39 is 0 Å². The van der Waals surface area contributed by atoms with Crippen LogP contribution in [0.1, 0.15) is 32.3 Å². The van der Waals surface area contributed by atoms with Gasteiger partial charge in [-0.15, -0.1) is 11.3 Å². The van der Waals surface area contributed by atoms with Crippen molar-refractivity contribution in [1.29, 1.82) is 5.26 Å². The summed E-state index contributed by atoms with van der Waals surface area (Å²) in [6.07, 6.45) is 2.00. The lowest BCUT2D eigenvalue weighted by Crippen LogP contribution is -2.47. The second-order valence-electron chi connectivity index (χ2n) is 7.61. The third-order valence-corrected chi connectivity index (χ3v) is 6.77. The molecule has 0 bridgehead atoms. The van der Waals surface area contributed by atoms with Gasteiger partial charge in [-0.3, -0.25) is 0 Å². The molecule has 2 aliphatic rings. The first kappa shape index (κ1) is 17.2. The van der Waals surface area contributed by atoms with Crippen LogP contribution in [0.25, 0.3) is 10.1 Å². The Morgan fingerprint density at radius 1 is 1.31 bits per heavy atom. The summed E-state index contributed by atoms with van der Waals surface area (Å²) in [5, 5.41) is 14.9. The Bertz CT molecular complexity index is 870. The van der Waals surface area contributed by atoms with Gasteiger partial charge in [0.1, 0.15) is 11.1 Å². The fourth-order valence-electron chi connectivity index (χ4n) is 4.27. The van der Waals surface area contributed by atoms with Crippen LogP contribution in [0.3, 0.4) is 0 Å². The number of nitrogens with zero attached hydrogens (tertiary/aromatic N) is 3. The minimum absolute atomic E-state index is 0.0607. The number of fused-ring (bicyclic) bond motifs is 1. The molecule has 1 aromatic heterocycles. The maximum Gasteiger partial charge on any atom is 0.317 e. The molecule has 0 radical (unpaired) electrons. The number of urea groups is 1. The maximum atomic E-state index is 12.6. The molecule has 1 N–H and O–H groups in total. The number of benzene rings is 1. The molecule has 5 nitrogen and oxygen atoms in total. The molecular weight excluding hydrogens is 344 g/mol. The third kappa shape index (κ3) is 3.01. The van der Waals surface area contributed by atoms with Crippen molar-refractivity contribution < 1.29 is 4.79 Å². The number of rotatable bonds is 2. The number of anilines is 1. The Balaban J connectivity index is 1.46. The van der Waals surface area contributed by atoms with E-state index in [4.69, 9.17) is 0 Å². The quantitative estimate of drug-likeness (QED) is 0.877. The van der Waals surface area contributed by atoms with E-state index in [9.17, 15) is 10.1 Å². The zero-order valence-corrected chi connectivity index (χ0v) is 16.1. The smallest absolute Gasteiger partial charge is 0.317 e. The van der Waals surface area contributed by atoms with Gasteiger partial charge in [0.25, 0.3) is 0 Å². The highest BCUT2D eigenvalue weighted by Gasteiger charge is 2.33. The lowest BCUT2D eigenvalue weighted by atomic mass is 10.1. The van der Waals surface area contributed by atoms with Gasteiger partial charge < -0.3 is 15.1 Å². The zero-order valence-electron chi connectivity index (χ0n) is 15.2. The zero-order chi connectivity index (χ0) is 18.3. The molecule has 2 amide bonds. The molecule has 0 aliphatic carbocycles. The molecule has 1 aromatic carbocycles. The van der Waals surface area contributed by atoms with Gasteiger partial charge in [-0.1, -0.05) is 25.1 Å². The summed E-state index contributed by atoms with van der Waals surface area (Å²) in [7, 11) is 0. The Morgan fingerprint density at radius 3 is 2.85 bits per heavy atom. The van der Waals surface area contributed by atoms with E-state index in [1.807, 2.05) is 23.1 Å². The second-order valence-corrected chi connectivity index (χ2v) is 8.64. The van der Waals surface area contributed by atoms with Gasteiger partial charge in [0.15, 0.2) is 0 Å². The number of nitrogens with one attached hydrogen (secondary N) is 1. The average Bonchev–Trinajstić information content (AvgIpc) is 3.31. The van der Waals surface area contributed by atoms with E-state index in [0.29, 0.717) is 12.0 Å². The molecule has 2 fully saturated rings. The standard InChI is InChI=1S/C20H24N4OS/c1-13-9-14(2)24(11-13)20(25)22-15-7-8-23(12-15)19-17(10-21)16-5-3-4-6-18(16)26-19/h3-6,13-15H,7-9,11-12H2,1-2H3,(H,22,25)/t13-,14?,15-/m0/s1. The number of nitriles is 1. The van der Waals surface area contributed by atoms with Gasteiger partial charge in [-0.05, 0) is 31.7 Å². The predicted molar refractivity (Wildman–Crippen MR) is 106 cm³/mol. The van der Waals surface area contributed by atoms with Gasteiger partial charge in [0, 0.05) is 41.8 Å². The number of carbonyl (C=O) groups excluding carboxylic acids is 1. The summed E-state index contributed by atoms with van der Waals surface area (Å²) in [5.41, 5.74) is 0.763. The van der Waals surface area contributed by atoms with Crippen molar-refractivity contribution in [3.05, 3.63) is 29.8 Å². The lowest BCUT2D eigenvalue weighted by molar-refractivity contribution is 0.192. The number of amides is 2. The van der Waals surface area contributed by atoms with Crippen molar-refractivity contribution in [1.82, 2.24) is 10.2 Å². The van der Waals surface area contributed by atoms with Gasteiger partial charge in [0.05, 0.1) is 5.56 Å². The Labute approximate surface area is 158 Å². The first-order valence-corrected chi connectivity index (χ1v) is 10.1. The fourth-order valence-corrected chi connectivity index (χ4v) is 5.45. The van der Waals surface area contributed by atoms with Crippen molar-refractivity contribution in [2.24, 2.45) is 5.92 Å². The number of thiophene rings is 1. The number of carbonyl (C=O) groups is 1. The van der Waals surface area contributed by atoms with Crippen LogP contribution >= 0.6 is 11.3 Å². The van der Waals surface area contributed by atoms with Crippen molar-refractivity contribution in [3.8, 4) is 6.07 Å². The highest BCUT2D eigenvalue weighted by Crippen LogP contribution is 2.39. The first-order valence-electron chi connectivity index (χ1n) is 9.30. The van der Waals surface area contributed by atoms with E-state index >= 15 is 0 Å². The molecule has 2 aromatic rings. The van der Waals surface area contributed by atoms with Crippen molar-refractivity contribution >= 4 is 32.5 Å². The van der Waals surface area contributed by atoms with Crippen LogP contribution in [0.15, 0.2) is 24.3 Å². The van der Waals surface area contributed by atoms with Gasteiger partial charge in [0.2, 0.25) is 0 Å². The Hall–Kier alpha value is -2.26. The number of hydrogen-bond acceptors (Lipinski definition) is 4. The summed E-state index contributed by atoms with van der Waals surface area (Å²) in [6.45, 7) is 6.81. The van der Waals surface area contributed by atoms with E-state index in [-0.39, 0.29) is 12.1 Å². The minimum atomic E-state index is 0.0607. The highest BCUT2D eigenvalue weighted by molar-refractivity contribution is 7.23. The van der Waals surface area contributed by atoms with E-state index in [0.717, 1.165) is 53.1 Å². The SMILES string of the molecule is CC1C[C@H](C)CN1C(=O)N[C@H]1CCN(c2sc3ccccc3c2C#N)C1. The molecule has 6 heteroatoms. The predicted octanol–water partition coefficient (Wildman–Crippen LogP) is 3.79. The Morgan fingerprint density at radius 2 is 2.12 bits per heavy atom. The summed E-state index contributed by atoms with van der Waals surface area (Å²) < 4.78 is 1.14. The normalized spacial score (nSPS) is 25.7. The summed E-state index contributed by atoms with van der Waals surface area (Å²) in [6, 6.07) is 11.0. The number of hydrogen-bond donors (Lipinski definition) is 1. The fraction of sp³-hybridized carbons (Fsp3) is 0.500. The van der Waals surface area contributed by atoms with Crippen LogP contribution in [-0.4, -0.2) is 42.6 Å². The van der Waals surface area contributed by atoms with E-state index in [1.54, 1.807) is 11.3 Å². The summed E-state index contributed by atoms with van der Waals surface area (Å²) >= 11 is 1.67. The van der Waals surface area contributed by atoms with Crippen LogP contribution in [0, 0.1) is 17.2 Å². The minimum Gasteiger partial charge on any atom is -0.360 e. The monoisotopic (exact) mass is 368 g/mol.